The van der Waals surface area contributed by atoms with Crippen molar-refractivity contribution in [2.24, 2.45) is 16.3 Å². The molecule has 1 rings (SSSR count). The second kappa shape index (κ2) is 5.72. The molecule has 0 atom stereocenters. The Morgan fingerprint density at radius 2 is 2.24 bits per heavy atom. The van der Waals surface area contributed by atoms with E-state index >= 15 is 0 Å². The lowest BCUT2D eigenvalue weighted by Crippen LogP contribution is -2.34. The van der Waals surface area contributed by atoms with Crippen LogP contribution in [0.25, 0.3) is 0 Å². The number of nitrogens with two attached hydrogens (primary N) is 1. The van der Waals surface area contributed by atoms with Gasteiger partial charge in [0.05, 0.1) is 6.54 Å². The van der Waals surface area contributed by atoms with Crippen molar-refractivity contribution < 1.29 is 9.62 Å². The quantitative estimate of drug-likeness (QED) is 0.232. The molecule has 0 amide bonds. The van der Waals surface area contributed by atoms with Crippen molar-refractivity contribution in [3.63, 3.8) is 0 Å². The van der Waals surface area contributed by atoms with E-state index in [1.54, 1.807) is 0 Å². The Bertz CT molecular complexity index is 383. The van der Waals surface area contributed by atoms with E-state index in [2.05, 4.69) is 10.5 Å². The Kier molecular flexibility index (Phi) is 4.57. The second-order valence-corrected chi connectivity index (χ2v) is 4.81. The number of rotatable bonds is 6. The van der Waals surface area contributed by atoms with Crippen LogP contribution in [0, 0.1) is 12.3 Å². The van der Waals surface area contributed by atoms with Crippen LogP contribution in [0.1, 0.15) is 31.8 Å². The number of oxime groups is 1. The first kappa shape index (κ1) is 13.6. The fourth-order valence-electron chi connectivity index (χ4n) is 1.46. The van der Waals surface area contributed by atoms with Gasteiger partial charge in [0.15, 0.2) is 0 Å². The molecule has 1 aromatic rings. The standard InChI is InChI=1S/C12H21N3O2/c1-9-4-5-10(17-9)8-14-7-6-12(2,3)11(13)15-16/h4-5,14,16H,6-8H2,1-3H3,(H2,13,15). The normalized spacial score (nSPS) is 13.0. The number of furan rings is 1. The lowest BCUT2D eigenvalue weighted by Gasteiger charge is -2.22. The molecule has 0 saturated carbocycles. The highest BCUT2D eigenvalue weighted by atomic mass is 16.4. The molecule has 96 valence electrons. The Hall–Kier alpha value is -1.49. The summed E-state index contributed by atoms with van der Waals surface area (Å²) >= 11 is 0. The lowest BCUT2D eigenvalue weighted by molar-refractivity contribution is 0.304. The predicted octanol–water partition coefficient (Wildman–Crippen LogP) is 1.84. The maximum absolute atomic E-state index is 8.64. The average molecular weight is 239 g/mol. The monoisotopic (exact) mass is 239 g/mol. The summed E-state index contributed by atoms with van der Waals surface area (Å²) in [6, 6.07) is 3.90. The van der Waals surface area contributed by atoms with E-state index in [9.17, 15) is 0 Å². The molecule has 0 spiro atoms. The van der Waals surface area contributed by atoms with Crippen LogP contribution >= 0.6 is 0 Å². The molecule has 0 saturated heterocycles. The zero-order chi connectivity index (χ0) is 12.9. The zero-order valence-electron chi connectivity index (χ0n) is 10.7. The van der Waals surface area contributed by atoms with Gasteiger partial charge in [-0.1, -0.05) is 19.0 Å². The van der Waals surface area contributed by atoms with Gasteiger partial charge in [-0.2, -0.15) is 0 Å². The van der Waals surface area contributed by atoms with Gasteiger partial charge in [0.25, 0.3) is 0 Å². The molecule has 0 aromatic carbocycles. The van der Waals surface area contributed by atoms with Gasteiger partial charge in [-0.05, 0) is 32.0 Å². The maximum atomic E-state index is 8.64. The summed E-state index contributed by atoms with van der Waals surface area (Å²) in [5, 5.41) is 14.9. The molecule has 1 heterocycles. The molecule has 1 aromatic heterocycles. The van der Waals surface area contributed by atoms with Crippen LogP contribution < -0.4 is 11.1 Å². The summed E-state index contributed by atoms with van der Waals surface area (Å²) in [5.41, 5.74) is 5.30. The topological polar surface area (TPSA) is 83.8 Å². The molecular weight excluding hydrogens is 218 g/mol. The second-order valence-electron chi connectivity index (χ2n) is 4.81. The molecule has 0 fully saturated rings. The maximum Gasteiger partial charge on any atom is 0.144 e. The van der Waals surface area contributed by atoms with E-state index in [1.807, 2.05) is 32.9 Å². The molecule has 0 unspecified atom stereocenters. The van der Waals surface area contributed by atoms with Crippen molar-refractivity contribution in [2.45, 2.75) is 33.7 Å². The van der Waals surface area contributed by atoms with Gasteiger partial charge in [-0.25, -0.2) is 0 Å². The highest BCUT2D eigenvalue weighted by molar-refractivity contribution is 5.85. The summed E-state index contributed by atoms with van der Waals surface area (Å²) in [6.07, 6.45) is 0.794. The number of nitrogens with one attached hydrogen (secondary N) is 1. The van der Waals surface area contributed by atoms with Crippen molar-refractivity contribution in [3.05, 3.63) is 23.7 Å². The van der Waals surface area contributed by atoms with Crippen molar-refractivity contribution in [1.29, 1.82) is 0 Å². The smallest absolute Gasteiger partial charge is 0.144 e. The number of amidine groups is 1. The van der Waals surface area contributed by atoms with Crippen LogP contribution in [-0.4, -0.2) is 17.6 Å². The number of aryl methyl sites for hydroxylation is 1. The van der Waals surface area contributed by atoms with Gasteiger partial charge in [0, 0.05) is 5.41 Å². The van der Waals surface area contributed by atoms with Gasteiger partial charge >= 0.3 is 0 Å². The van der Waals surface area contributed by atoms with E-state index in [-0.39, 0.29) is 11.3 Å². The molecule has 5 nitrogen and oxygen atoms in total. The van der Waals surface area contributed by atoms with Gasteiger partial charge in [0.2, 0.25) is 0 Å². The minimum Gasteiger partial charge on any atom is -0.465 e. The molecule has 4 N–H and O–H groups in total. The van der Waals surface area contributed by atoms with Crippen LogP contribution in [0.5, 0.6) is 0 Å². The number of hydrogen-bond acceptors (Lipinski definition) is 4. The van der Waals surface area contributed by atoms with Crippen molar-refractivity contribution >= 4 is 5.84 Å². The molecule has 0 bridgehead atoms. The summed E-state index contributed by atoms with van der Waals surface area (Å²) in [7, 11) is 0. The summed E-state index contributed by atoms with van der Waals surface area (Å²) in [5.74, 6) is 2.09. The molecule has 17 heavy (non-hydrogen) atoms. The average Bonchev–Trinajstić information content (AvgIpc) is 2.69. The van der Waals surface area contributed by atoms with E-state index in [1.165, 1.54) is 0 Å². The van der Waals surface area contributed by atoms with Crippen LogP contribution in [0.3, 0.4) is 0 Å². The zero-order valence-corrected chi connectivity index (χ0v) is 10.7. The molecule has 0 aliphatic carbocycles. The summed E-state index contributed by atoms with van der Waals surface area (Å²) < 4.78 is 5.43. The third-order valence-corrected chi connectivity index (χ3v) is 2.82. The third-order valence-electron chi connectivity index (χ3n) is 2.82. The van der Waals surface area contributed by atoms with Crippen LogP contribution in [0.2, 0.25) is 0 Å². The molecule has 0 radical (unpaired) electrons. The Labute approximate surface area is 102 Å². The first-order valence-corrected chi connectivity index (χ1v) is 5.70. The van der Waals surface area contributed by atoms with Gasteiger partial charge in [0.1, 0.15) is 17.4 Å². The summed E-state index contributed by atoms with van der Waals surface area (Å²) in [6.45, 7) is 7.29. The largest absolute Gasteiger partial charge is 0.465 e. The van der Waals surface area contributed by atoms with Gasteiger partial charge in [-0.3, -0.25) is 0 Å². The molecule has 0 aliphatic heterocycles. The SMILES string of the molecule is Cc1ccc(CNCCC(C)(C)C(N)=NO)o1. The van der Waals surface area contributed by atoms with E-state index in [4.69, 9.17) is 15.4 Å². The highest BCUT2D eigenvalue weighted by Crippen LogP contribution is 2.19. The Morgan fingerprint density at radius 1 is 1.53 bits per heavy atom. The molecular formula is C12H21N3O2. The predicted molar refractivity (Wildman–Crippen MR) is 67.0 cm³/mol. The fraction of sp³-hybridized carbons (Fsp3) is 0.583. The van der Waals surface area contributed by atoms with E-state index in [0.717, 1.165) is 24.5 Å². The first-order valence-electron chi connectivity index (χ1n) is 5.70. The van der Waals surface area contributed by atoms with E-state index in [0.29, 0.717) is 6.54 Å². The summed E-state index contributed by atoms with van der Waals surface area (Å²) in [4.78, 5) is 0. The van der Waals surface area contributed by atoms with Crippen LogP contribution in [0.4, 0.5) is 0 Å². The van der Waals surface area contributed by atoms with Crippen LogP contribution in [0.15, 0.2) is 21.7 Å². The molecule has 5 heteroatoms. The minimum atomic E-state index is -0.305. The lowest BCUT2D eigenvalue weighted by atomic mass is 9.88. The van der Waals surface area contributed by atoms with Gasteiger partial charge in [-0.15, -0.1) is 0 Å². The number of hydrogen-bond donors (Lipinski definition) is 3. The minimum absolute atomic E-state index is 0.258. The van der Waals surface area contributed by atoms with Crippen molar-refractivity contribution in [3.8, 4) is 0 Å². The third kappa shape index (κ3) is 4.11. The van der Waals surface area contributed by atoms with Crippen LogP contribution in [-0.2, 0) is 6.54 Å². The number of nitrogens with zero attached hydrogens (tertiary/aromatic N) is 1. The van der Waals surface area contributed by atoms with Crippen molar-refractivity contribution in [1.82, 2.24) is 5.32 Å². The Balaban J connectivity index is 2.29. The van der Waals surface area contributed by atoms with Crippen molar-refractivity contribution in [2.75, 3.05) is 6.54 Å². The van der Waals surface area contributed by atoms with Gasteiger partial charge < -0.3 is 20.7 Å². The highest BCUT2D eigenvalue weighted by Gasteiger charge is 2.22. The van der Waals surface area contributed by atoms with E-state index < -0.39 is 0 Å². The fourth-order valence-corrected chi connectivity index (χ4v) is 1.46. The molecule has 0 aliphatic rings. The Morgan fingerprint density at radius 3 is 2.76 bits per heavy atom. The first-order chi connectivity index (χ1) is 7.95.